The van der Waals surface area contributed by atoms with Crippen LogP contribution in [0.25, 0.3) is 0 Å². The summed E-state index contributed by atoms with van der Waals surface area (Å²) in [7, 11) is 7.19. The summed E-state index contributed by atoms with van der Waals surface area (Å²) in [4.78, 5) is 26.1. The number of nitrogens with one attached hydrogen (secondary N) is 1. The van der Waals surface area contributed by atoms with Crippen molar-refractivity contribution in [1.29, 1.82) is 0 Å². The fraction of sp³-hybridized carbons (Fsp3) is 0.412. The summed E-state index contributed by atoms with van der Waals surface area (Å²) in [6.07, 6.45) is 1.61. The maximum atomic E-state index is 12.2. The summed E-state index contributed by atoms with van der Waals surface area (Å²) in [5.74, 6) is 0. The normalized spacial score (nSPS) is 12.6. The third-order valence-electron chi connectivity index (χ3n) is 3.81. The van der Waals surface area contributed by atoms with Gasteiger partial charge in [0.2, 0.25) is 0 Å². The van der Waals surface area contributed by atoms with Crippen LogP contribution >= 0.6 is 0 Å². The van der Waals surface area contributed by atoms with Crippen LogP contribution < -0.4 is 16.6 Å². The maximum Gasteiger partial charge on any atom is 0.330 e. The molecule has 0 saturated heterocycles. The minimum absolute atomic E-state index is 0.105. The van der Waals surface area contributed by atoms with Crippen molar-refractivity contribution in [1.82, 2.24) is 19.4 Å². The van der Waals surface area contributed by atoms with Crippen LogP contribution in [0.15, 0.2) is 46.1 Å². The number of hydrogen-bond donors (Lipinski definition) is 1. The first-order valence-electron chi connectivity index (χ1n) is 7.58. The molecule has 0 amide bonds. The third kappa shape index (κ3) is 4.18. The molecule has 0 saturated carbocycles. The quantitative estimate of drug-likeness (QED) is 0.842. The minimum atomic E-state index is -0.313. The van der Waals surface area contributed by atoms with E-state index in [9.17, 15) is 9.59 Å². The van der Waals surface area contributed by atoms with Gasteiger partial charge in [0, 0.05) is 45.0 Å². The molecule has 1 atom stereocenters. The topological polar surface area (TPSA) is 59.3 Å². The third-order valence-corrected chi connectivity index (χ3v) is 3.81. The molecule has 124 valence electrons. The van der Waals surface area contributed by atoms with Crippen LogP contribution in [0.1, 0.15) is 17.2 Å². The lowest BCUT2D eigenvalue weighted by Gasteiger charge is -2.23. The van der Waals surface area contributed by atoms with Gasteiger partial charge < -0.3 is 14.8 Å². The van der Waals surface area contributed by atoms with Crippen molar-refractivity contribution in [3.63, 3.8) is 0 Å². The monoisotopic (exact) mass is 316 g/mol. The van der Waals surface area contributed by atoms with Crippen molar-refractivity contribution in [2.45, 2.75) is 12.6 Å². The van der Waals surface area contributed by atoms with Crippen LogP contribution in [0.2, 0.25) is 0 Å². The molecule has 1 N–H and O–H groups in total. The highest BCUT2D eigenvalue weighted by molar-refractivity contribution is 5.19. The highest BCUT2D eigenvalue weighted by atomic mass is 16.2. The number of aryl methyl sites for hydroxylation is 1. The molecule has 0 aliphatic heterocycles. The first-order chi connectivity index (χ1) is 10.9. The van der Waals surface area contributed by atoms with Crippen LogP contribution in [0.4, 0.5) is 0 Å². The molecular weight excluding hydrogens is 292 g/mol. The zero-order valence-corrected chi connectivity index (χ0v) is 14.1. The minimum Gasteiger partial charge on any atom is -0.308 e. The first kappa shape index (κ1) is 17.2. The molecule has 0 aliphatic rings. The Morgan fingerprint density at radius 2 is 1.78 bits per heavy atom. The van der Waals surface area contributed by atoms with E-state index in [1.165, 1.54) is 17.2 Å². The van der Waals surface area contributed by atoms with E-state index in [0.29, 0.717) is 12.1 Å². The lowest BCUT2D eigenvalue weighted by Crippen LogP contribution is -2.40. The van der Waals surface area contributed by atoms with Gasteiger partial charge in [0.15, 0.2) is 0 Å². The zero-order valence-electron chi connectivity index (χ0n) is 14.1. The van der Waals surface area contributed by atoms with Crippen molar-refractivity contribution in [3.05, 3.63) is 68.5 Å². The van der Waals surface area contributed by atoms with E-state index < -0.39 is 0 Å². The Labute approximate surface area is 136 Å². The number of nitrogens with zero attached hydrogens (tertiary/aromatic N) is 3. The Kier molecular flexibility index (Phi) is 5.52. The van der Waals surface area contributed by atoms with Gasteiger partial charge in [-0.05, 0) is 19.7 Å². The summed E-state index contributed by atoms with van der Waals surface area (Å²) >= 11 is 0. The average molecular weight is 316 g/mol. The molecule has 0 spiro atoms. The standard InChI is InChI=1S/C17H24N4O2/c1-19(2)12-15(13-8-6-5-7-9-13)18-10-14-11-20(3)17(23)21(4)16(14)22/h5-9,11,15,18H,10,12H2,1-4H3. The first-order valence-corrected chi connectivity index (χ1v) is 7.58. The number of rotatable bonds is 6. The van der Waals surface area contributed by atoms with Crippen molar-refractivity contribution in [2.75, 3.05) is 20.6 Å². The van der Waals surface area contributed by atoms with Crippen molar-refractivity contribution >= 4 is 0 Å². The number of aromatic nitrogens is 2. The molecule has 0 aliphatic carbocycles. The highest BCUT2D eigenvalue weighted by Crippen LogP contribution is 2.13. The molecule has 6 nitrogen and oxygen atoms in total. The predicted molar refractivity (Wildman–Crippen MR) is 91.5 cm³/mol. The summed E-state index contributed by atoms with van der Waals surface area (Å²) in [5.41, 5.74) is 1.18. The van der Waals surface area contributed by atoms with E-state index >= 15 is 0 Å². The molecule has 0 fully saturated rings. The molecule has 1 unspecified atom stereocenters. The average Bonchev–Trinajstić information content (AvgIpc) is 2.54. The number of likely N-dealkylation sites (N-methyl/N-ethyl adjacent to an activating group) is 1. The van der Waals surface area contributed by atoms with Gasteiger partial charge in [-0.25, -0.2) is 4.79 Å². The van der Waals surface area contributed by atoms with Gasteiger partial charge in [-0.15, -0.1) is 0 Å². The van der Waals surface area contributed by atoms with Gasteiger partial charge in [-0.1, -0.05) is 30.3 Å². The van der Waals surface area contributed by atoms with Crippen molar-refractivity contribution < 1.29 is 0 Å². The fourth-order valence-corrected chi connectivity index (χ4v) is 2.58. The molecule has 1 aromatic heterocycles. The number of benzene rings is 1. The maximum absolute atomic E-state index is 12.2. The van der Waals surface area contributed by atoms with Gasteiger partial charge >= 0.3 is 5.69 Å². The van der Waals surface area contributed by atoms with Gasteiger partial charge in [0.25, 0.3) is 5.56 Å². The van der Waals surface area contributed by atoms with E-state index in [1.54, 1.807) is 13.2 Å². The molecule has 23 heavy (non-hydrogen) atoms. The van der Waals surface area contributed by atoms with Crippen molar-refractivity contribution in [3.8, 4) is 0 Å². The second kappa shape index (κ2) is 7.39. The SMILES string of the molecule is CN(C)CC(NCc1cn(C)c(=O)n(C)c1=O)c1ccccc1. The Balaban J connectivity index is 2.23. The van der Waals surface area contributed by atoms with Crippen LogP contribution in [-0.4, -0.2) is 34.7 Å². The number of hydrogen-bond acceptors (Lipinski definition) is 4. The fourth-order valence-electron chi connectivity index (χ4n) is 2.58. The Hall–Kier alpha value is -2.18. The molecule has 0 bridgehead atoms. The molecule has 2 rings (SSSR count). The smallest absolute Gasteiger partial charge is 0.308 e. The largest absolute Gasteiger partial charge is 0.330 e. The zero-order chi connectivity index (χ0) is 17.0. The Bertz CT molecular complexity index is 762. The molecular formula is C17H24N4O2. The molecule has 1 aromatic carbocycles. The highest BCUT2D eigenvalue weighted by Gasteiger charge is 2.14. The Morgan fingerprint density at radius 3 is 2.39 bits per heavy atom. The molecule has 6 heteroatoms. The van der Waals surface area contributed by atoms with E-state index in [1.807, 2.05) is 32.3 Å². The van der Waals surface area contributed by atoms with E-state index in [-0.39, 0.29) is 17.3 Å². The summed E-state index contributed by atoms with van der Waals surface area (Å²) in [6.45, 7) is 1.23. The van der Waals surface area contributed by atoms with E-state index in [2.05, 4.69) is 22.3 Å². The van der Waals surface area contributed by atoms with Gasteiger partial charge in [-0.2, -0.15) is 0 Å². The molecule has 2 aromatic rings. The molecule has 0 radical (unpaired) electrons. The van der Waals surface area contributed by atoms with Crippen molar-refractivity contribution in [2.24, 2.45) is 14.1 Å². The van der Waals surface area contributed by atoms with Crippen LogP contribution in [0, 0.1) is 0 Å². The van der Waals surface area contributed by atoms with Gasteiger partial charge in [0.1, 0.15) is 0 Å². The van der Waals surface area contributed by atoms with Crippen LogP contribution in [-0.2, 0) is 20.6 Å². The molecule has 1 heterocycles. The summed E-state index contributed by atoms with van der Waals surface area (Å²) < 4.78 is 2.57. The van der Waals surface area contributed by atoms with Gasteiger partial charge in [0.05, 0.1) is 0 Å². The van der Waals surface area contributed by atoms with E-state index in [4.69, 9.17) is 0 Å². The van der Waals surface area contributed by atoms with Crippen LogP contribution in [0.5, 0.6) is 0 Å². The van der Waals surface area contributed by atoms with Crippen LogP contribution in [0.3, 0.4) is 0 Å². The van der Waals surface area contributed by atoms with Gasteiger partial charge in [-0.3, -0.25) is 9.36 Å². The van der Waals surface area contributed by atoms with E-state index in [0.717, 1.165) is 11.1 Å². The second-order valence-electron chi connectivity index (χ2n) is 6.02. The summed E-state index contributed by atoms with van der Waals surface area (Å²) in [6, 6.07) is 10.2. The lowest BCUT2D eigenvalue weighted by molar-refractivity contribution is 0.340. The summed E-state index contributed by atoms with van der Waals surface area (Å²) in [5, 5.41) is 3.43. The predicted octanol–water partition coefficient (Wildman–Crippen LogP) is 0.477. The lowest BCUT2D eigenvalue weighted by atomic mass is 10.1. The second-order valence-corrected chi connectivity index (χ2v) is 6.02. The Morgan fingerprint density at radius 1 is 1.13 bits per heavy atom.